The number of aromatic nitrogens is 2. The largest absolute Gasteiger partial charge is 0.497 e. The predicted octanol–water partition coefficient (Wildman–Crippen LogP) is 2.82. The van der Waals surface area contributed by atoms with Crippen LogP contribution in [0, 0.1) is 13.8 Å². The molecule has 0 aliphatic heterocycles. The van der Waals surface area contributed by atoms with Crippen LogP contribution in [0.2, 0.25) is 0 Å². The van der Waals surface area contributed by atoms with Gasteiger partial charge in [-0.05, 0) is 32.0 Å². The Kier molecular flexibility index (Phi) is 3.52. The van der Waals surface area contributed by atoms with Gasteiger partial charge in [-0.1, -0.05) is 15.9 Å². The number of methoxy groups -OCH3 is 1. The summed E-state index contributed by atoms with van der Waals surface area (Å²) in [5.74, 6) is 1.25. The number of hydrogen-bond donors (Lipinski definition) is 1. The van der Waals surface area contributed by atoms with E-state index in [1.54, 1.807) is 14.0 Å². The first-order chi connectivity index (χ1) is 8.52. The van der Waals surface area contributed by atoms with Gasteiger partial charge < -0.3 is 9.72 Å². The summed E-state index contributed by atoms with van der Waals surface area (Å²) in [5, 5.41) is 0. The van der Waals surface area contributed by atoms with Gasteiger partial charge in [-0.25, -0.2) is 4.98 Å². The second-order valence-electron chi connectivity index (χ2n) is 3.97. The molecule has 0 unspecified atom stereocenters. The third-order valence-corrected chi connectivity index (χ3v) is 3.51. The maximum atomic E-state index is 11.8. The molecule has 0 aliphatic rings. The number of H-pyrrole nitrogens is 1. The van der Waals surface area contributed by atoms with Crippen molar-refractivity contribution < 1.29 is 4.74 Å². The first kappa shape index (κ1) is 12.8. The summed E-state index contributed by atoms with van der Waals surface area (Å²) < 4.78 is 6.03. The summed E-state index contributed by atoms with van der Waals surface area (Å²) in [4.78, 5) is 18.9. The maximum absolute atomic E-state index is 11.8. The van der Waals surface area contributed by atoms with Gasteiger partial charge in [0, 0.05) is 21.3 Å². The summed E-state index contributed by atoms with van der Waals surface area (Å²) in [5.41, 5.74) is 2.04. The molecule has 18 heavy (non-hydrogen) atoms. The molecule has 5 heteroatoms. The second-order valence-corrected chi connectivity index (χ2v) is 4.83. The first-order valence-corrected chi connectivity index (χ1v) is 6.23. The van der Waals surface area contributed by atoms with E-state index >= 15 is 0 Å². The molecular formula is C13H13BrN2O2. The van der Waals surface area contributed by atoms with Gasteiger partial charge in [0.1, 0.15) is 11.6 Å². The topological polar surface area (TPSA) is 55.0 Å². The Bertz CT molecular complexity index is 650. The number of rotatable bonds is 2. The van der Waals surface area contributed by atoms with Crippen molar-refractivity contribution in [3.8, 4) is 17.1 Å². The van der Waals surface area contributed by atoms with Gasteiger partial charge in [0.2, 0.25) is 0 Å². The van der Waals surface area contributed by atoms with E-state index in [1.807, 2.05) is 25.1 Å². The minimum atomic E-state index is -0.118. The molecule has 0 spiro atoms. The van der Waals surface area contributed by atoms with E-state index in [0.29, 0.717) is 17.1 Å². The van der Waals surface area contributed by atoms with Gasteiger partial charge in [-0.3, -0.25) is 4.79 Å². The highest BCUT2D eigenvalue weighted by Crippen LogP contribution is 2.29. The van der Waals surface area contributed by atoms with Gasteiger partial charge in [0.15, 0.2) is 0 Å². The normalized spacial score (nSPS) is 10.4. The van der Waals surface area contributed by atoms with Crippen molar-refractivity contribution >= 4 is 15.9 Å². The van der Waals surface area contributed by atoms with Crippen molar-refractivity contribution in [2.45, 2.75) is 13.8 Å². The molecule has 0 radical (unpaired) electrons. The summed E-state index contributed by atoms with van der Waals surface area (Å²) in [6.07, 6.45) is 0. The number of ether oxygens (including phenoxy) is 1. The summed E-state index contributed by atoms with van der Waals surface area (Å²) in [6.45, 7) is 3.58. The lowest BCUT2D eigenvalue weighted by Crippen LogP contribution is -2.14. The van der Waals surface area contributed by atoms with Crippen LogP contribution in [0.3, 0.4) is 0 Å². The highest BCUT2D eigenvalue weighted by atomic mass is 79.9. The van der Waals surface area contributed by atoms with Gasteiger partial charge in [0.05, 0.1) is 7.11 Å². The van der Waals surface area contributed by atoms with Crippen molar-refractivity contribution in [1.82, 2.24) is 9.97 Å². The Morgan fingerprint density at radius 1 is 1.33 bits per heavy atom. The fraction of sp³-hybridized carbons (Fsp3) is 0.231. The van der Waals surface area contributed by atoms with E-state index < -0.39 is 0 Å². The first-order valence-electron chi connectivity index (χ1n) is 5.44. The Labute approximate surface area is 113 Å². The second kappa shape index (κ2) is 4.94. The van der Waals surface area contributed by atoms with Crippen LogP contribution in [0.5, 0.6) is 5.75 Å². The number of nitrogens with one attached hydrogen (secondary N) is 1. The van der Waals surface area contributed by atoms with E-state index in [-0.39, 0.29) is 5.56 Å². The Morgan fingerprint density at radius 2 is 2.06 bits per heavy atom. The van der Waals surface area contributed by atoms with Crippen LogP contribution in [-0.2, 0) is 0 Å². The molecule has 2 aromatic rings. The number of hydrogen-bond acceptors (Lipinski definition) is 3. The van der Waals surface area contributed by atoms with Crippen molar-refractivity contribution in [3.63, 3.8) is 0 Å². The molecule has 0 amide bonds. The Morgan fingerprint density at radius 3 is 2.67 bits per heavy atom. The average molecular weight is 309 g/mol. The van der Waals surface area contributed by atoms with E-state index in [0.717, 1.165) is 15.7 Å². The minimum Gasteiger partial charge on any atom is -0.497 e. The average Bonchev–Trinajstić information content (AvgIpc) is 2.36. The molecule has 4 nitrogen and oxygen atoms in total. The van der Waals surface area contributed by atoms with Gasteiger partial charge >= 0.3 is 0 Å². The number of nitrogens with zero attached hydrogens (tertiary/aromatic N) is 1. The minimum absolute atomic E-state index is 0.118. The fourth-order valence-electron chi connectivity index (χ4n) is 1.59. The third-order valence-electron chi connectivity index (χ3n) is 2.82. The highest BCUT2D eigenvalue weighted by Gasteiger charge is 2.10. The predicted molar refractivity (Wildman–Crippen MR) is 74.0 cm³/mol. The molecule has 1 aromatic heterocycles. The van der Waals surface area contributed by atoms with Crippen LogP contribution >= 0.6 is 15.9 Å². The summed E-state index contributed by atoms with van der Waals surface area (Å²) >= 11 is 3.45. The Hall–Kier alpha value is -1.62. The summed E-state index contributed by atoms with van der Waals surface area (Å²) in [6, 6.07) is 5.53. The van der Waals surface area contributed by atoms with Gasteiger partial charge in [0.25, 0.3) is 5.56 Å². The lowest BCUT2D eigenvalue weighted by atomic mass is 10.2. The molecule has 94 valence electrons. The fourth-order valence-corrected chi connectivity index (χ4v) is 2.02. The van der Waals surface area contributed by atoms with E-state index in [1.165, 1.54) is 0 Å². The Balaban J connectivity index is 2.65. The van der Waals surface area contributed by atoms with Crippen LogP contribution in [0.15, 0.2) is 27.5 Å². The van der Waals surface area contributed by atoms with Crippen molar-refractivity contribution in [3.05, 3.63) is 44.3 Å². The zero-order valence-electron chi connectivity index (χ0n) is 10.4. The number of aromatic amines is 1. The molecule has 2 rings (SSSR count). The summed E-state index contributed by atoms with van der Waals surface area (Å²) in [7, 11) is 1.60. The third kappa shape index (κ3) is 2.31. The van der Waals surface area contributed by atoms with Crippen molar-refractivity contribution in [2.24, 2.45) is 0 Å². The molecule has 0 bridgehead atoms. The lowest BCUT2D eigenvalue weighted by molar-refractivity contribution is 0.415. The van der Waals surface area contributed by atoms with Crippen LogP contribution < -0.4 is 10.3 Å². The van der Waals surface area contributed by atoms with Gasteiger partial charge in [-0.15, -0.1) is 0 Å². The van der Waals surface area contributed by atoms with E-state index in [2.05, 4.69) is 25.9 Å². The maximum Gasteiger partial charge on any atom is 0.254 e. The standard InChI is InChI=1S/C13H13BrN2O2/c1-7-8(2)15-12(16-13(7)17)10-6-9(18-3)4-5-11(10)14/h4-6H,1-3H3,(H,15,16,17). The molecule has 1 heterocycles. The SMILES string of the molecule is COc1ccc(Br)c(-c2nc(C)c(C)c(=O)[nH]2)c1. The van der Waals surface area contributed by atoms with Crippen LogP contribution in [0.25, 0.3) is 11.4 Å². The molecule has 0 atom stereocenters. The zero-order valence-corrected chi connectivity index (χ0v) is 12.0. The van der Waals surface area contributed by atoms with Crippen LogP contribution in [-0.4, -0.2) is 17.1 Å². The quantitative estimate of drug-likeness (QED) is 0.928. The lowest BCUT2D eigenvalue weighted by Gasteiger charge is -2.08. The zero-order chi connectivity index (χ0) is 13.3. The van der Waals surface area contributed by atoms with E-state index in [9.17, 15) is 4.79 Å². The number of aryl methyl sites for hydroxylation is 1. The van der Waals surface area contributed by atoms with Crippen LogP contribution in [0.4, 0.5) is 0 Å². The highest BCUT2D eigenvalue weighted by molar-refractivity contribution is 9.10. The monoisotopic (exact) mass is 308 g/mol. The van der Waals surface area contributed by atoms with Crippen molar-refractivity contribution in [2.75, 3.05) is 7.11 Å². The molecule has 0 saturated carbocycles. The molecule has 0 aliphatic carbocycles. The smallest absolute Gasteiger partial charge is 0.254 e. The molecule has 1 aromatic carbocycles. The van der Waals surface area contributed by atoms with Crippen LogP contribution in [0.1, 0.15) is 11.3 Å². The molecule has 0 fully saturated rings. The molecule has 1 N–H and O–H groups in total. The molecular weight excluding hydrogens is 296 g/mol. The number of benzene rings is 1. The van der Waals surface area contributed by atoms with Gasteiger partial charge in [-0.2, -0.15) is 0 Å². The molecule has 0 saturated heterocycles. The van der Waals surface area contributed by atoms with Crippen molar-refractivity contribution in [1.29, 1.82) is 0 Å². The van der Waals surface area contributed by atoms with E-state index in [4.69, 9.17) is 4.74 Å². The number of halogens is 1.